The summed E-state index contributed by atoms with van der Waals surface area (Å²) < 4.78 is 11.1. The lowest BCUT2D eigenvalue weighted by atomic mass is 10.1. The van der Waals surface area contributed by atoms with Gasteiger partial charge in [-0.05, 0) is 24.1 Å². The molecule has 0 bridgehead atoms. The molecule has 2 aromatic rings. The quantitative estimate of drug-likeness (QED) is 0.623. The lowest BCUT2D eigenvalue weighted by Gasteiger charge is -2.10. The van der Waals surface area contributed by atoms with Gasteiger partial charge >= 0.3 is 0 Å². The zero-order valence-electron chi connectivity index (χ0n) is 12.1. The second-order valence-electron chi connectivity index (χ2n) is 5.23. The Morgan fingerprint density at radius 2 is 1.95 bits per heavy atom. The van der Waals surface area contributed by atoms with Gasteiger partial charge in [-0.15, -0.1) is 0 Å². The van der Waals surface area contributed by atoms with Gasteiger partial charge < -0.3 is 15.2 Å². The van der Waals surface area contributed by atoms with Crippen molar-refractivity contribution in [2.75, 3.05) is 25.6 Å². The molecule has 20 heavy (non-hydrogen) atoms. The Morgan fingerprint density at radius 1 is 1.15 bits per heavy atom. The first kappa shape index (κ1) is 14.8. The van der Waals surface area contributed by atoms with Gasteiger partial charge in [0.15, 0.2) is 0 Å². The van der Waals surface area contributed by atoms with Gasteiger partial charge in [0.1, 0.15) is 0 Å². The van der Waals surface area contributed by atoms with E-state index in [-0.39, 0.29) is 0 Å². The Morgan fingerprint density at radius 3 is 2.75 bits per heavy atom. The van der Waals surface area contributed by atoms with Crippen molar-refractivity contribution in [3.63, 3.8) is 0 Å². The van der Waals surface area contributed by atoms with E-state index in [1.165, 1.54) is 0 Å². The molecule has 2 rings (SSSR count). The zero-order chi connectivity index (χ0) is 14.4. The molecule has 1 heterocycles. The van der Waals surface area contributed by atoms with Crippen LogP contribution in [0, 0.1) is 5.92 Å². The number of nitrogen functional groups attached to an aromatic ring is 1. The summed E-state index contributed by atoms with van der Waals surface area (Å²) in [5.74, 6) is 0.556. The molecule has 0 aliphatic carbocycles. The van der Waals surface area contributed by atoms with E-state index in [1.807, 2.05) is 24.3 Å². The first-order valence-corrected chi connectivity index (χ1v) is 6.96. The molecule has 0 aliphatic heterocycles. The fourth-order valence-electron chi connectivity index (χ4n) is 1.99. The summed E-state index contributed by atoms with van der Waals surface area (Å²) in [5, 5.41) is 0.977. The number of hydrogen-bond acceptors (Lipinski definition) is 4. The second-order valence-corrected chi connectivity index (χ2v) is 5.23. The predicted octanol–water partition coefficient (Wildman–Crippen LogP) is 3.01. The lowest BCUT2D eigenvalue weighted by Crippen LogP contribution is -2.08. The average molecular weight is 274 g/mol. The summed E-state index contributed by atoms with van der Waals surface area (Å²) in [6.07, 6.45) is 1.77. The van der Waals surface area contributed by atoms with E-state index in [1.54, 1.807) is 6.20 Å². The number of rotatable bonds is 7. The van der Waals surface area contributed by atoms with Gasteiger partial charge in [-0.3, -0.25) is 4.98 Å². The van der Waals surface area contributed by atoms with Gasteiger partial charge in [-0.1, -0.05) is 19.9 Å². The Labute approximate surface area is 119 Å². The molecular formula is C16H22N2O2. The van der Waals surface area contributed by atoms with E-state index in [4.69, 9.17) is 15.2 Å². The van der Waals surface area contributed by atoms with Crippen LogP contribution in [-0.2, 0) is 16.1 Å². The van der Waals surface area contributed by atoms with Crippen LogP contribution in [-0.4, -0.2) is 24.8 Å². The van der Waals surface area contributed by atoms with Gasteiger partial charge in [-0.25, -0.2) is 0 Å². The zero-order valence-corrected chi connectivity index (χ0v) is 12.1. The number of nitrogens with zero attached hydrogens (tertiary/aromatic N) is 1. The summed E-state index contributed by atoms with van der Waals surface area (Å²) in [6.45, 7) is 6.78. The SMILES string of the molecule is CC(C)COCCOCc1ccc(N)c2cccnc12. The first-order chi connectivity index (χ1) is 9.68. The highest BCUT2D eigenvalue weighted by molar-refractivity contribution is 5.92. The van der Waals surface area contributed by atoms with Crippen molar-refractivity contribution in [3.05, 3.63) is 36.0 Å². The molecule has 0 saturated carbocycles. The van der Waals surface area contributed by atoms with E-state index >= 15 is 0 Å². The molecule has 0 amide bonds. The highest BCUT2D eigenvalue weighted by Gasteiger charge is 2.05. The molecule has 2 N–H and O–H groups in total. The number of pyridine rings is 1. The average Bonchev–Trinajstić information content (AvgIpc) is 2.45. The van der Waals surface area contributed by atoms with Crippen molar-refractivity contribution in [2.24, 2.45) is 5.92 Å². The number of nitrogens with two attached hydrogens (primary N) is 1. The maximum Gasteiger partial charge on any atom is 0.0777 e. The molecule has 4 heteroatoms. The van der Waals surface area contributed by atoms with Crippen LogP contribution in [0.3, 0.4) is 0 Å². The minimum Gasteiger partial charge on any atom is -0.398 e. The minimum absolute atomic E-state index is 0.527. The highest BCUT2D eigenvalue weighted by Crippen LogP contribution is 2.22. The predicted molar refractivity (Wildman–Crippen MR) is 81.5 cm³/mol. The standard InChI is InChI=1S/C16H22N2O2/c1-12(2)10-19-8-9-20-11-13-5-6-15(17)14-4-3-7-18-16(13)14/h3-7,12H,8-11,17H2,1-2H3. The van der Waals surface area contributed by atoms with Crippen molar-refractivity contribution < 1.29 is 9.47 Å². The fourth-order valence-corrected chi connectivity index (χ4v) is 1.99. The molecule has 1 aromatic carbocycles. The monoisotopic (exact) mass is 274 g/mol. The smallest absolute Gasteiger partial charge is 0.0777 e. The molecule has 4 nitrogen and oxygen atoms in total. The van der Waals surface area contributed by atoms with Crippen molar-refractivity contribution in [3.8, 4) is 0 Å². The van der Waals surface area contributed by atoms with Crippen LogP contribution in [0.25, 0.3) is 10.9 Å². The number of hydrogen-bond donors (Lipinski definition) is 1. The molecule has 0 unspecified atom stereocenters. The molecular weight excluding hydrogens is 252 g/mol. The van der Waals surface area contributed by atoms with Crippen LogP contribution in [0.2, 0.25) is 0 Å². The molecule has 0 spiro atoms. The van der Waals surface area contributed by atoms with Crippen molar-refractivity contribution in [1.29, 1.82) is 0 Å². The van der Waals surface area contributed by atoms with Crippen molar-refractivity contribution in [1.82, 2.24) is 4.98 Å². The van der Waals surface area contributed by atoms with Crippen LogP contribution < -0.4 is 5.73 Å². The summed E-state index contributed by atoms with van der Waals surface area (Å²) >= 11 is 0. The van der Waals surface area contributed by atoms with Gasteiger partial charge in [0, 0.05) is 29.4 Å². The Bertz CT molecular complexity index is 555. The van der Waals surface area contributed by atoms with Gasteiger partial charge in [0.2, 0.25) is 0 Å². The van der Waals surface area contributed by atoms with Crippen molar-refractivity contribution >= 4 is 16.6 Å². The molecule has 0 atom stereocenters. The Hall–Kier alpha value is -1.65. The Balaban J connectivity index is 1.89. The van der Waals surface area contributed by atoms with Gasteiger partial charge in [0.25, 0.3) is 0 Å². The van der Waals surface area contributed by atoms with Crippen LogP contribution in [0.15, 0.2) is 30.5 Å². The van der Waals surface area contributed by atoms with Crippen LogP contribution in [0.5, 0.6) is 0 Å². The summed E-state index contributed by atoms with van der Waals surface area (Å²) in [6, 6.07) is 7.74. The van der Waals surface area contributed by atoms with Crippen LogP contribution in [0.1, 0.15) is 19.4 Å². The van der Waals surface area contributed by atoms with E-state index in [9.17, 15) is 0 Å². The molecule has 0 saturated heterocycles. The lowest BCUT2D eigenvalue weighted by molar-refractivity contribution is 0.0317. The summed E-state index contributed by atoms with van der Waals surface area (Å²) in [5.41, 5.74) is 8.66. The van der Waals surface area contributed by atoms with Gasteiger partial charge in [0.05, 0.1) is 25.3 Å². The maximum atomic E-state index is 5.95. The largest absolute Gasteiger partial charge is 0.398 e. The number of aromatic nitrogens is 1. The third kappa shape index (κ3) is 3.92. The van der Waals surface area contributed by atoms with E-state index in [0.717, 1.165) is 28.8 Å². The first-order valence-electron chi connectivity index (χ1n) is 6.96. The normalized spacial score (nSPS) is 11.3. The molecule has 0 radical (unpaired) electrons. The number of anilines is 1. The van der Waals surface area contributed by atoms with E-state index in [2.05, 4.69) is 18.8 Å². The van der Waals surface area contributed by atoms with Crippen LogP contribution in [0.4, 0.5) is 5.69 Å². The van der Waals surface area contributed by atoms with Gasteiger partial charge in [-0.2, -0.15) is 0 Å². The van der Waals surface area contributed by atoms with Crippen LogP contribution >= 0.6 is 0 Å². The molecule has 0 fully saturated rings. The van der Waals surface area contributed by atoms with E-state index < -0.39 is 0 Å². The van der Waals surface area contributed by atoms with Crippen molar-refractivity contribution in [2.45, 2.75) is 20.5 Å². The van der Waals surface area contributed by atoms with E-state index in [0.29, 0.717) is 25.7 Å². The topological polar surface area (TPSA) is 57.4 Å². The maximum absolute atomic E-state index is 5.95. The second kappa shape index (κ2) is 7.22. The fraction of sp³-hybridized carbons (Fsp3) is 0.438. The number of benzene rings is 1. The third-order valence-corrected chi connectivity index (χ3v) is 2.97. The number of ether oxygens (including phenoxy) is 2. The Kier molecular flexibility index (Phi) is 5.32. The summed E-state index contributed by atoms with van der Waals surface area (Å²) in [7, 11) is 0. The molecule has 108 valence electrons. The summed E-state index contributed by atoms with van der Waals surface area (Å²) in [4.78, 5) is 4.39. The third-order valence-electron chi connectivity index (χ3n) is 2.97. The minimum atomic E-state index is 0.527. The molecule has 0 aliphatic rings. The molecule has 1 aromatic heterocycles. The number of fused-ring (bicyclic) bond motifs is 1. The highest BCUT2D eigenvalue weighted by atomic mass is 16.5.